The monoisotopic (exact) mass is 520 g/mol. The number of anilines is 2. The van der Waals surface area contributed by atoms with Crippen LogP contribution in [-0.4, -0.2) is 33.5 Å². The Morgan fingerprint density at radius 1 is 1.03 bits per heavy atom. The van der Waals surface area contributed by atoms with Crippen molar-refractivity contribution in [2.75, 3.05) is 10.3 Å². The van der Waals surface area contributed by atoms with Crippen LogP contribution in [0.25, 0.3) is 22.2 Å². The smallest absolute Gasteiger partial charge is 0.337 e. The number of nitrogens with one attached hydrogen (secondary N) is 3. The normalized spacial score (nSPS) is 11.1. The summed E-state index contributed by atoms with van der Waals surface area (Å²) in [5.74, 6) is -1.14. The number of aromatic nitrogens is 2. The topological polar surface area (TPSA) is 117 Å². The van der Waals surface area contributed by atoms with Crippen LogP contribution in [0.15, 0.2) is 96.2 Å². The molecule has 39 heavy (non-hydrogen) atoms. The van der Waals surface area contributed by atoms with Gasteiger partial charge in [0.2, 0.25) is 0 Å². The Hall–Kier alpha value is -5.31. The number of nitrogens with zero attached hydrogens (tertiary/aromatic N) is 3. The lowest BCUT2D eigenvalue weighted by Gasteiger charge is -2.25. The molecule has 2 aromatic heterocycles. The number of carboxylic acid groups (broad SMARTS) is 1. The van der Waals surface area contributed by atoms with Crippen LogP contribution in [0.3, 0.4) is 0 Å². The van der Waals surface area contributed by atoms with E-state index in [1.54, 1.807) is 18.2 Å². The van der Waals surface area contributed by atoms with Crippen LogP contribution < -0.4 is 10.3 Å². The Balaban J connectivity index is 1.64. The van der Waals surface area contributed by atoms with Gasteiger partial charge in [0.1, 0.15) is 0 Å². The van der Waals surface area contributed by atoms with Crippen LogP contribution in [0.2, 0.25) is 0 Å². The third kappa shape index (κ3) is 5.52. The summed E-state index contributed by atoms with van der Waals surface area (Å²) < 4.78 is 15.5. The molecule has 0 saturated carbocycles. The third-order valence-corrected chi connectivity index (χ3v) is 6.23. The van der Waals surface area contributed by atoms with Crippen LogP contribution in [-0.2, 0) is 13.1 Å². The van der Waals surface area contributed by atoms with Gasteiger partial charge in [-0.1, -0.05) is 66.7 Å². The first-order valence-electron chi connectivity index (χ1n) is 12.2. The summed E-state index contributed by atoms with van der Waals surface area (Å²) in [5.41, 5.74) is 5.98. The second-order valence-electron chi connectivity index (χ2n) is 8.82. The summed E-state index contributed by atoms with van der Waals surface area (Å²) >= 11 is 0. The van der Waals surface area contributed by atoms with Crippen molar-refractivity contribution < 1.29 is 14.3 Å². The average molecular weight is 521 g/mol. The van der Waals surface area contributed by atoms with Crippen molar-refractivity contribution in [3.8, 4) is 11.3 Å². The Kier molecular flexibility index (Phi) is 7.40. The van der Waals surface area contributed by atoms with Gasteiger partial charge < -0.3 is 20.4 Å². The Labute approximate surface area is 224 Å². The molecule has 0 aliphatic rings. The molecule has 0 radical (unpaired) electrons. The van der Waals surface area contributed by atoms with Crippen molar-refractivity contribution in [1.29, 1.82) is 5.41 Å². The predicted octanol–water partition coefficient (Wildman–Crippen LogP) is 6.32. The first-order chi connectivity index (χ1) is 19.0. The molecular formula is C30H25FN6O2. The van der Waals surface area contributed by atoms with Crippen molar-refractivity contribution >= 4 is 40.8 Å². The number of benzene rings is 3. The van der Waals surface area contributed by atoms with Gasteiger partial charge in [-0.3, -0.25) is 5.43 Å². The molecule has 0 saturated heterocycles. The maximum atomic E-state index is 15.5. The van der Waals surface area contributed by atoms with Crippen LogP contribution in [0.1, 0.15) is 21.5 Å². The molecule has 0 aliphatic heterocycles. The van der Waals surface area contributed by atoms with Crippen molar-refractivity contribution in [3.05, 3.63) is 114 Å². The maximum absolute atomic E-state index is 15.5. The van der Waals surface area contributed by atoms with E-state index < -0.39 is 11.8 Å². The first kappa shape index (κ1) is 25.3. The Bertz CT molecular complexity index is 1610. The number of aromatic amines is 1. The maximum Gasteiger partial charge on any atom is 0.337 e. The van der Waals surface area contributed by atoms with E-state index in [4.69, 9.17) is 5.41 Å². The lowest BCUT2D eigenvalue weighted by atomic mass is 10.1. The highest BCUT2D eigenvalue weighted by molar-refractivity contribution is 6.14. The molecule has 0 atom stereocenters. The fraction of sp³-hybridized carbons (Fsp3) is 0.0667. The molecule has 0 unspecified atom stereocenters. The number of halogens is 1. The largest absolute Gasteiger partial charge is 0.478 e. The van der Waals surface area contributed by atoms with Crippen molar-refractivity contribution in [2.45, 2.75) is 13.1 Å². The van der Waals surface area contributed by atoms with Gasteiger partial charge in [-0.25, -0.2) is 14.2 Å². The number of aromatic carboxylic acids is 1. The number of hydrogen-bond donors (Lipinski definition) is 4. The third-order valence-electron chi connectivity index (χ3n) is 6.23. The summed E-state index contributed by atoms with van der Waals surface area (Å²) in [7, 11) is 0. The lowest BCUT2D eigenvalue weighted by molar-refractivity contribution is 0.0698. The van der Waals surface area contributed by atoms with Crippen LogP contribution in [0.4, 0.5) is 15.9 Å². The summed E-state index contributed by atoms with van der Waals surface area (Å²) in [6.07, 6.45) is 3.52. The molecule has 2 heterocycles. The van der Waals surface area contributed by atoms with E-state index in [0.717, 1.165) is 17.3 Å². The van der Waals surface area contributed by atoms with Crippen molar-refractivity contribution in [2.24, 2.45) is 5.10 Å². The lowest BCUT2D eigenvalue weighted by Crippen LogP contribution is -2.23. The number of carboxylic acids is 1. The predicted molar refractivity (Wildman–Crippen MR) is 152 cm³/mol. The number of hydrazone groups is 1. The van der Waals surface area contributed by atoms with E-state index in [1.165, 1.54) is 18.5 Å². The zero-order chi connectivity index (χ0) is 27.2. The van der Waals surface area contributed by atoms with Gasteiger partial charge in [0.15, 0.2) is 11.6 Å². The van der Waals surface area contributed by atoms with E-state index >= 15 is 4.39 Å². The molecule has 194 valence electrons. The molecule has 9 heteroatoms. The SMILES string of the molecule is N=C/C=N\Nc1cccc(-c2cc3c(C(=O)O)cnc(N(Cc4ccccc4)Cc4ccccc4)c3[nH]2)c1F. The second-order valence-corrected chi connectivity index (χ2v) is 8.82. The van der Waals surface area contributed by atoms with Gasteiger partial charge >= 0.3 is 5.97 Å². The summed E-state index contributed by atoms with van der Waals surface area (Å²) in [5, 5.41) is 21.2. The van der Waals surface area contributed by atoms with Crippen LogP contribution >= 0.6 is 0 Å². The fourth-order valence-corrected chi connectivity index (χ4v) is 4.44. The number of hydrogen-bond acceptors (Lipinski definition) is 6. The molecule has 0 spiro atoms. The minimum Gasteiger partial charge on any atom is -0.478 e. The summed E-state index contributed by atoms with van der Waals surface area (Å²) in [6.45, 7) is 1.05. The second kappa shape index (κ2) is 11.4. The molecule has 5 rings (SSSR count). The highest BCUT2D eigenvalue weighted by Gasteiger charge is 2.22. The number of pyridine rings is 1. The molecule has 3 aromatic carbocycles. The summed E-state index contributed by atoms with van der Waals surface area (Å²) in [6, 6.07) is 26.3. The number of carbonyl (C=O) groups is 1. The molecule has 0 fully saturated rings. The molecular weight excluding hydrogens is 495 g/mol. The van der Waals surface area contributed by atoms with Crippen molar-refractivity contribution in [1.82, 2.24) is 9.97 Å². The fourth-order valence-electron chi connectivity index (χ4n) is 4.44. The van der Waals surface area contributed by atoms with Gasteiger partial charge in [-0.05, 0) is 29.3 Å². The molecule has 5 aromatic rings. The van der Waals surface area contributed by atoms with E-state index in [2.05, 4.69) is 25.4 Å². The number of fused-ring (bicyclic) bond motifs is 1. The molecule has 0 bridgehead atoms. The van der Waals surface area contributed by atoms with E-state index in [1.807, 2.05) is 60.7 Å². The van der Waals surface area contributed by atoms with E-state index in [-0.39, 0.29) is 16.8 Å². The van der Waals surface area contributed by atoms with Gasteiger partial charge in [-0.15, -0.1) is 0 Å². The number of rotatable bonds is 10. The van der Waals surface area contributed by atoms with Gasteiger partial charge in [0.25, 0.3) is 0 Å². The molecule has 8 nitrogen and oxygen atoms in total. The Morgan fingerprint density at radius 3 is 2.31 bits per heavy atom. The average Bonchev–Trinajstić information content (AvgIpc) is 3.39. The van der Waals surface area contributed by atoms with Crippen molar-refractivity contribution in [3.63, 3.8) is 0 Å². The highest BCUT2D eigenvalue weighted by atomic mass is 19.1. The summed E-state index contributed by atoms with van der Waals surface area (Å²) in [4.78, 5) is 22.0. The molecule has 4 N–H and O–H groups in total. The minimum absolute atomic E-state index is 0.0147. The van der Waals surface area contributed by atoms with Crippen LogP contribution in [0, 0.1) is 11.2 Å². The first-order valence-corrected chi connectivity index (χ1v) is 12.2. The van der Waals surface area contributed by atoms with E-state index in [0.29, 0.717) is 35.5 Å². The Morgan fingerprint density at radius 2 is 1.69 bits per heavy atom. The van der Waals surface area contributed by atoms with Gasteiger partial charge in [-0.2, -0.15) is 5.10 Å². The highest BCUT2D eigenvalue weighted by Crippen LogP contribution is 2.35. The van der Waals surface area contributed by atoms with Gasteiger partial charge in [0.05, 0.1) is 23.0 Å². The van der Waals surface area contributed by atoms with Gasteiger partial charge in [0, 0.05) is 42.1 Å². The zero-order valence-corrected chi connectivity index (χ0v) is 20.8. The standard InChI is InChI=1S/C30H25FN6O2/c31-27-22(12-7-13-25(27)36-34-15-14-32)26-16-23-24(30(38)39)17-33-29(28(23)35-26)37(18-20-8-3-1-4-9-20)19-21-10-5-2-6-11-21/h1-17,32,35-36H,18-19H2,(H,38,39)/b32-14?,34-15-. The molecule has 0 aliphatic carbocycles. The number of H-pyrrole nitrogens is 1. The quantitative estimate of drug-likeness (QED) is 0.127. The zero-order valence-electron chi connectivity index (χ0n) is 20.8. The van der Waals surface area contributed by atoms with E-state index in [9.17, 15) is 9.90 Å². The minimum atomic E-state index is -1.13. The molecule has 0 amide bonds. The van der Waals surface area contributed by atoms with Crippen LogP contribution in [0.5, 0.6) is 0 Å².